The van der Waals surface area contributed by atoms with E-state index in [2.05, 4.69) is 9.44 Å². The molecule has 0 radical (unpaired) electrons. The van der Waals surface area contributed by atoms with E-state index in [1.54, 1.807) is 6.92 Å². The first-order valence-electron chi connectivity index (χ1n) is 6.99. The Labute approximate surface area is 122 Å². The van der Waals surface area contributed by atoms with E-state index >= 15 is 0 Å². The standard InChI is InChI=1S/C11H25N3O4S2/c1-3-19(15,16)12-7-5-8-13-20(17,18)14-9-4-6-11(2)10-14/h11-13H,3-10H2,1-2H3. The van der Waals surface area contributed by atoms with Gasteiger partial charge in [0.05, 0.1) is 5.75 Å². The van der Waals surface area contributed by atoms with Gasteiger partial charge >= 0.3 is 0 Å². The second-order valence-corrected chi connectivity index (χ2v) is 9.01. The van der Waals surface area contributed by atoms with Crippen molar-refractivity contribution in [3.63, 3.8) is 0 Å². The van der Waals surface area contributed by atoms with Gasteiger partial charge in [0, 0.05) is 26.2 Å². The third-order valence-electron chi connectivity index (χ3n) is 3.30. The lowest BCUT2D eigenvalue weighted by atomic mass is 10.0. The van der Waals surface area contributed by atoms with Gasteiger partial charge in [0.15, 0.2) is 0 Å². The molecular formula is C11H25N3O4S2. The highest BCUT2D eigenvalue weighted by atomic mass is 32.2. The van der Waals surface area contributed by atoms with Crippen LogP contribution in [0.25, 0.3) is 0 Å². The Balaban J connectivity index is 2.30. The lowest BCUT2D eigenvalue weighted by Gasteiger charge is -2.29. The number of hydrogen-bond donors (Lipinski definition) is 2. The van der Waals surface area contributed by atoms with Gasteiger partial charge in [-0.2, -0.15) is 12.7 Å². The van der Waals surface area contributed by atoms with Gasteiger partial charge < -0.3 is 0 Å². The predicted octanol–water partition coefficient (Wildman–Crippen LogP) is -0.118. The van der Waals surface area contributed by atoms with Crippen molar-refractivity contribution >= 4 is 20.2 Å². The average molecular weight is 327 g/mol. The summed E-state index contributed by atoms with van der Waals surface area (Å²) in [6.45, 7) is 5.19. The molecule has 0 amide bonds. The van der Waals surface area contributed by atoms with Crippen molar-refractivity contribution in [3.8, 4) is 0 Å². The second-order valence-electron chi connectivity index (χ2n) is 5.16. The monoisotopic (exact) mass is 327 g/mol. The highest BCUT2D eigenvalue weighted by Gasteiger charge is 2.26. The van der Waals surface area contributed by atoms with Crippen LogP contribution < -0.4 is 9.44 Å². The number of piperidine rings is 1. The normalized spacial score (nSPS) is 22.0. The molecule has 1 aliphatic heterocycles. The number of hydrogen-bond acceptors (Lipinski definition) is 4. The van der Waals surface area contributed by atoms with Crippen molar-refractivity contribution < 1.29 is 16.8 Å². The van der Waals surface area contributed by atoms with Crippen LogP contribution in [0.15, 0.2) is 0 Å². The summed E-state index contributed by atoms with van der Waals surface area (Å²) in [7, 11) is -6.63. The minimum absolute atomic E-state index is 0.0321. The Kier molecular flexibility index (Phi) is 6.86. The summed E-state index contributed by atoms with van der Waals surface area (Å²) in [6, 6.07) is 0. The molecule has 0 spiro atoms. The second kappa shape index (κ2) is 7.69. The van der Waals surface area contributed by atoms with Crippen LogP contribution in [0, 0.1) is 5.92 Å². The van der Waals surface area contributed by atoms with E-state index in [1.807, 2.05) is 6.92 Å². The SMILES string of the molecule is CCS(=O)(=O)NCCCNS(=O)(=O)N1CCCC(C)C1. The van der Waals surface area contributed by atoms with Gasteiger partial charge in [-0.05, 0) is 32.1 Å². The molecule has 0 aromatic heterocycles. The first kappa shape index (κ1) is 17.8. The third-order valence-corrected chi connectivity index (χ3v) is 6.28. The first-order valence-corrected chi connectivity index (χ1v) is 10.1. The molecule has 1 unspecified atom stereocenters. The lowest BCUT2D eigenvalue weighted by Crippen LogP contribution is -2.46. The molecule has 0 aromatic rings. The van der Waals surface area contributed by atoms with Crippen LogP contribution in [0.4, 0.5) is 0 Å². The Hall–Kier alpha value is -0.220. The van der Waals surface area contributed by atoms with Crippen molar-refractivity contribution in [1.82, 2.24) is 13.7 Å². The zero-order chi connectivity index (χ0) is 15.2. The van der Waals surface area contributed by atoms with E-state index in [0.717, 1.165) is 12.8 Å². The van der Waals surface area contributed by atoms with E-state index in [0.29, 0.717) is 25.4 Å². The van der Waals surface area contributed by atoms with Gasteiger partial charge in [0.1, 0.15) is 0 Å². The Morgan fingerprint density at radius 3 is 2.40 bits per heavy atom. The lowest BCUT2D eigenvalue weighted by molar-refractivity contribution is 0.278. The number of sulfonamides is 1. The fourth-order valence-electron chi connectivity index (χ4n) is 2.08. The average Bonchev–Trinajstić information content (AvgIpc) is 2.38. The largest absolute Gasteiger partial charge is 0.279 e. The highest BCUT2D eigenvalue weighted by molar-refractivity contribution is 7.89. The van der Waals surface area contributed by atoms with E-state index in [1.165, 1.54) is 4.31 Å². The highest BCUT2D eigenvalue weighted by Crippen LogP contribution is 2.17. The van der Waals surface area contributed by atoms with Crippen LogP contribution in [-0.2, 0) is 20.2 Å². The number of nitrogens with zero attached hydrogens (tertiary/aromatic N) is 1. The van der Waals surface area contributed by atoms with Gasteiger partial charge in [-0.3, -0.25) is 0 Å². The Morgan fingerprint density at radius 2 is 1.80 bits per heavy atom. The molecule has 7 nitrogen and oxygen atoms in total. The summed E-state index contributed by atoms with van der Waals surface area (Å²) >= 11 is 0. The first-order chi connectivity index (χ1) is 9.27. The Morgan fingerprint density at radius 1 is 1.15 bits per heavy atom. The molecule has 9 heteroatoms. The van der Waals surface area contributed by atoms with Crippen LogP contribution >= 0.6 is 0 Å². The van der Waals surface area contributed by atoms with Gasteiger partial charge in [0.25, 0.3) is 10.2 Å². The molecule has 120 valence electrons. The quantitative estimate of drug-likeness (QED) is 0.608. The van der Waals surface area contributed by atoms with E-state index in [9.17, 15) is 16.8 Å². The molecule has 1 rings (SSSR count). The maximum Gasteiger partial charge on any atom is 0.279 e. The third kappa shape index (κ3) is 6.04. The molecule has 0 bridgehead atoms. The molecule has 1 aliphatic rings. The summed E-state index contributed by atoms with van der Waals surface area (Å²) < 4.78 is 52.8. The van der Waals surface area contributed by atoms with E-state index in [-0.39, 0.29) is 18.8 Å². The van der Waals surface area contributed by atoms with Gasteiger partial charge in [-0.25, -0.2) is 17.9 Å². The molecular weight excluding hydrogens is 302 g/mol. The van der Waals surface area contributed by atoms with Gasteiger partial charge in [0.2, 0.25) is 10.0 Å². The fourth-order valence-corrected chi connectivity index (χ4v) is 4.14. The maximum atomic E-state index is 12.0. The maximum absolute atomic E-state index is 12.0. The van der Waals surface area contributed by atoms with Crippen molar-refractivity contribution in [1.29, 1.82) is 0 Å². The summed E-state index contributed by atoms with van der Waals surface area (Å²) in [6.07, 6.45) is 2.38. The van der Waals surface area contributed by atoms with Crippen LogP contribution in [0.3, 0.4) is 0 Å². The minimum Gasteiger partial charge on any atom is -0.215 e. The summed E-state index contributed by atoms with van der Waals surface area (Å²) in [4.78, 5) is 0. The fraction of sp³-hybridized carbons (Fsp3) is 1.00. The molecule has 0 saturated carbocycles. The molecule has 2 N–H and O–H groups in total. The molecule has 20 heavy (non-hydrogen) atoms. The van der Waals surface area contributed by atoms with Crippen molar-refractivity contribution in [2.24, 2.45) is 5.92 Å². The van der Waals surface area contributed by atoms with Crippen LogP contribution in [-0.4, -0.2) is 53.1 Å². The minimum atomic E-state index is -3.43. The number of nitrogens with one attached hydrogen (secondary N) is 2. The summed E-state index contributed by atoms with van der Waals surface area (Å²) in [5.74, 6) is 0.418. The van der Waals surface area contributed by atoms with Crippen molar-refractivity contribution in [3.05, 3.63) is 0 Å². The molecule has 1 atom stereocenters. The van der Waals surface area contributed by atoms with Crippen LogP contribution in [0.5, 0.6) is 0 Å². The molecule has 0 aromatic carbocycles. The molecule has 1 heterocycles. The Bertz CT molecular complexity index is 490. The van der Waals surface area contributed by atoms with Gasteiger partial charge in [-0.1, -0.05) is 6.92 Å². The number of rotatable bonds is 8. The predicted molar refractivity (Wildman–Crippen MR) is 79.0 cm³/mol. The molecule has 0 aliphatic carbocycles. The zero-order valence-electron chi connectivity index (χ0n) is 12.1. The topological polar surface area (TPSA) is 95.6 Å². The van der Waals surface area contributed by atoms with Crippen LogP contribution in [0.2, 0.25) is 0 Å². The van der Waals surface area contributed by atoms with E-state index < -0.39 is 20.2 Å². The molecule has 1 fully saturated rings. The van der Waals surface area contributed by atoms with Crippen molar-refractivity contribution in [2.45, 2.75) is 33.1 Å². The van der Waals surface area contributed by atoms with Crippen LogP contribution in [0.1, 0.15) is 33.1 Å². The molecule has 1 saturated heterocycles. The van der Waals surface area contributed by atoms with Gasteiger partial charge in [-0.15, -0.1) is 0 Å². The zero-order valence-corrected chi connectivity index (χ0v) is 13.8. The summed E-state index contributed by atoms with van der Waals surface area (Å²) in [5.41, 5.74) is 0. The summed E-state index contributed by atoms with van der Waals surface area (Å²) in [5, 5.41) is 0. The smallest absolute Gasteiger partial charge is 0.215 e. The van der Waals surface area contributed by atoms with E-state index in [4.69, 9.17) is 0 Å². The van der Waals surface area contributed by atoms with Crippen molar-refractivity contribution in [2.75, 3.05) is 31.9 Å².